The average Bonchev–Trinajstić information content (AvgIpc) is 3.21. The summed E-state index contributed by atoms with van der Waals surface area (Å²) in [6, 6.07) is 13.3. The molecule has 3 aromatic rings. The molecule has 2 heterocycles. The fourth-order valence-electron chi connectivity index (χ4n) is 2.11. The Morgan fingerprint density at radius 1 is 1.05 bits per heavy atom. The molecule has 1 amide bonds. The van der Waals surface area contributed by atoms with Crippen molar-refractivity contribution in [2.45, 2.75) is 6.54 Å². The molecule has 1 N–H and O–H groups in total. The highest BCUT2D eigenvalue weighted by atomic mass is 16.1. The summed E-state index contributed by atoms with van der Waals surface area (Å²) < 4.78 is 3.79. The minimum Gasteiger partial charge on any atom is -0.350 e. The van der Waals surface area contributed by atoms with Crippen LogP contribution in [0, 0.1) is 0 Å². The third-order valence-corrected chi connectivity index (χ3v) is 3.22. The predicted molar refractivity (Wildman–Crippen MR) is 80.3 cm³/mol. The summed E-state index contributed by atoms with van der Waals surface area (Å²) in [5.74, 6) is -0.0683. The number of carbonyl (C=O) groups is 1. The Morgan fingerprint density at radius 3 is 2.48 bits per heavy atom. The lowest BCUT2D eigenvalue weighted by Crippen LogP contribution is -2.27. The van der Waals surface area contributed by atoms with Crippen LogP contribution in [0.1, 0.15) is 10.4 Å². The monoisotopic (exact) mass is 280 g/mol. The molecular weight excluding hydrogens is 264 g/mol. The van der Waals surface area contributed by atoms with E-state index in [0.29, 0.717) is 18.7 Å². The van der Waals surface area contributed by atoms with Gasteiger partial charge in [-0.1, -0.05) is 0 Å². The van der Waals surface area contributed by atoms with Crippen molar-refractivity contribution < 1.29 is 4.79 Å². The van der Waals surface area contributed by atoms with Crippen LogP contribution in [0.25, 0.3) is 5.69 Å². The van der Waals surface area contributed by atoms with Crippen molar-refractivity contribution in [2.75, 3.05) is 6.54 Å². The first-order valence-corrected chi connectivity index (χ1v) is 6.82. The predicted octanol–water partition coefficient (Wildman–Crippen LogP) is 2.10. The number of amides is 1. The second-order valence-electron chi connectivity index (χ2n) is 4.66. The molecule has 0 fully saturated rings. The van der Waals surface area contributed by atoms with E-state index in [4.69, 9.17) is 0 Å². The van der Waals surface area contributed by atoms with Crippen molar-refractivity contribution >= 4 is 5.91 Å². The normalized spacial score (nSPS) is 10.5. The number of hydrogen-bond donors (Lipinski definition) is 1. The van der Waals surface area contributed by atoms with Crippen LogP contribution in [0.15, 0.2) is 67.3 Å². The zero-order chi connectivity index (χ0) is 14.5. The van der Waals surface area contributed by atoms with Crippen LogP contribution in [0.3, 0.4) is 0 Å². The third kappa shape index (κ3) is 3.20. The lowest BCUT2D eigenvalue weighted by molar-refractivity contribution is 0.0952. The summed E-state index contributed by atoms with van der Waals surface area (Å²) in [6.07, 6.45) is 7.54. The maximum Gasteiger partial charge on any atom is 0.251 e. The van der Waals surface area contributed by atoms with Gasteiger partial charge in [0.2, 0.25) is 0 Å². The van der Waals surface area contributed by atoms with Gasteiger partial charge >= 0.3 is 0 Å². The molecule has 0 aliphatic carbocycles. The number of nitrogens with zero attached hydrogens (tertiary/aromatic N) is 3. The van der Waals surface area contributed by atoms with E-state index in [-0.39, 0.29) is 5.91 Å². The van der Waals surface area contributed by atoms with Crippen LogP contribution < -0.4 is 5.32 Å². The van der Waals surface area contributed by atoms with E-state index in [9.17, 15) is 4.79 Å². The molecule has 0 atom stereocenters. The zero-order valence-electron chi connectivity index (χ0n) is 11.5. The lowest BCUT2D eigenvalue weighted by atomic mass is 10.2. The van der Waals surface area contributed by atoms with Gasteiger partial charge in [0, 0.05) is 42.6 Å². The zero-order valence-corrected chi connectivity index (χ0v) is 11.5. The first kappa shape index (κ1) is 13.2. The van der Waals surface area contributed by atoms with Crippen molar-refractivity contribution in [3.63, 3.8) is 0 Å². The minimum atomic E-state index is -0.0683. The van der Waals surface area contributed by atoms with Crippen LogP contribution in [0.2, 0.25) is 0 Å². The van der Waals surface area contributed by atoms with Gasteiger partial charge in [-0.25, -0.2) is 0 Å². The number of rotatable bonds is 5. The van der Waals surface area contributed by atoms with Gasteiger partial charge in [0.1, 0.15) is 0 Å². The molecule has 0 aliphatic heterocycles. The van der Waals surface area contributed by atoms with E-state index in [2.05, 4.69) is 10.4 Å². The highest BCUT2D eigenvalue weighted by molar-refractivity contribution is 5.94. The second-order valence-corrected chi connectivity index (χ2v) is 4.66. The molecule has 0 bridgehead atoms. The summed E-state index contributed by atoms with van der Waals surface area (Å²) in [6.45, 7) is 1.22. The number of hydrogen-bond acceptors (Lipinski definition) is 2. The molecule has 2 aromatic heterocycles. The standard InChI is InChI=1S/C16H16N4O/c21-16(17-9-13-20-12-3-8-18-20)14-4-6-15(7-5-14)19-10-1-2-11-19/h1-8,10-12H,9,13H2,(H,17,21). The topological polar surface area (TPSA) is 51.9 Å². The van der Waals surface area contributed by atoms with E-state index in [0.717, 1.165) is 5.69 Å². The molecule has 1 aromatic carbocycles. The van der Waals surface area contributed by atoms with E-state index >= 15 is 0 Å². The molecule has 3 rings (SSSR count). The van der Waals surface area contributed by atoms with Crippen LogP contribution in [0.5, 0.6) is 0 Å². The van der Waals surface area contributed by atoms with E-state index in [1.165, 1.54) is 0 Å². The van der Waals surface area contributed by atoms with Crippen LogP contribution >= 0.6 is 0 Å². The summed E-state index contributed by atoms with van der Waals surface area (Å²) in [7, 11) is 0. The maximum absolute atomic E-state index is 12.0. The molecule has 0 saturated carbocycles. The van der Waals surface area contributed by atoms with Gasteiger partial charge in [-0.05, 0) is 42.5 Å². The Balaban J connectivity index is 1.57. The van der Waals surface area contributed by atoms with Crippen molar-refractivity contribution in [2.24, 2.45) is 0 Å². The third-order valence-electron chi connectivity index (χ3n) is 3.22. The molecule has 0 aliphatic rings. The van der Waals surface area contributed by atoms with Gasteiger partial charge < -0.3 is 9.88 Å². The molecule has 0 unspecified atom stereocenters. The quantitative estimate of drug-likeness (QED) is 0.778. The van der Waals surface area contributed by atoms with E-state index in [1.54, 1.807) is 10.9 Å². The Hall–Kier alpha value is -2.82. The van der Waals surface area contributed by atoms with Crippen LogP contribution in [-0.2, 0) is 6.54 Å². The van der Waals surface area contributed by atoms with Gasteiger partial charge in [0.05, 0.1) is 6.54 Å². The molecule has 5 heteroatoms. The van der Waals surface area contributed by atoms with Crippen molar-refractivity contribution in [1.29, 1.82) is 0 Å². The Bertz CT molecular complexity index is 684. The summed E-state index contributed by atoms with van der Waals surface area (Å²) in [5, 5.41) is 6.97. The van der Waals surface area contributed by atoms with Gasteiger partial charge in [0.15, 0.2) is 0 Å². The Kier molecular flexibility index (Phi) is 3.82. The first-order chi connectivity index (χ1) is 10.3. The molecule has 0 saturated heterocycles. The van der Waals surface area contributed by atoms with E-state index in [1.807, 2.05) is 65.6 Å². The molecule has 0 spiro atoms. The van der Waals surface area contributed by atoms with Crippen LogP contribution in [0.4, 0.5) is 0 Å². The fraction of sp³-hybridized carbons (Fsp3) is 0.125. The second kappa shape index (κ2) is 6.09. The van der Waals surface area contributed by atoms with Crippen molar-refractivity contribution in [3.8, 4) is 5.69 Å². The van der Waals surface area contributed by atoms with E-state index < -0.39 is 0 Å². The van der Waals surface area contributed by atoms with Crippen molar-refractivity contribution in [3.05, 3.63) is 72.8 Å². The summed E-state index contributed by atoms with van der Waals surface area (Å²) in [4.78, 5) is 12.0. The van der Waals surface area contributed by atoms with Crippen LogP contribution in [-0.4, -0.2) is 26.8 Å². The SMILES string of the molecule is O=C(NCCn1cccn1)c1ccc(-n2cccc2)cc1. The van der Waals surface area contributed by atoms with Crippen molar-refractivity contribution in [1.82, 2.24) is 19.7 Å². The van der Waals surface area contributed by atoms with Gasteiger partial charge in [-0.15, -0.1) is 0 Å². The number of benzene rings is 1. The molecule has 21 heavy (non-hydrogen) atoms. The van der Waals surface area contributed by atoms with Gasteiger partial charge in [-0.2, -0.15) is 5.10 Å². The molecule has 0 radical (unpaired) electrons. The molecule has 106 valence electrons. The molecular formula is C16H16N4O. The lowest BCUT2D eigenvalue weighted by Gasteiger charge is -2.07. The van der Waals surface area contributed by atoms with Gasteiger partial charge in [-0.3, -0.25) is 9.48 Å². The largest absolute Gasteiger partial charge is 0.350 e. The maximum atomic E-state index is 12.0. The number of carbonyl (C=O) groups excluding carboxylic acids is 1. The minimum absolute atomic E-state index is 0.0683. The average molecular weight is 280 g/mol. The Morgan fingerprint density at radius 2 is 1.81 bits per heavy atom. The Labute approximate surface area is 122 Å². The first-order valence-electron chi connectivity index (χ1n) is 6.82. The molecule has 5 nitrogen and oxygen atoms in total. The number of nitrogens with one attached hydrogen (secondary N) is 1. The summed E-state index contributed by atoms with van der Waals surface area (Å²) >= 11 is 0. The van der Waals surface area contributed by atoms with Gasteiger partial charge in [0.25, 0.3) is 5.91 Å². The fourth-order valence-corrected chi connectivity index (χ4v) is 2.11. The number of aromatic nitrogens is 3. The summed E-state index contributed by atoms with van der Waals surface area (Å²) in [5.41, 5.74) is 1.69. The highest BCUT2D eigenvalue weighted by Gasteiger charge is 2.05. The smallest absolute Gasteiger partial charge is 0.251 e. The highest BCUT2D eigenvalue weighted by Crippen LogP contribution is 2.09.